The Hall–Kier alpha value is -3.45. The predicted molar refractivity (Wildman–Crippen MR) is 121 cm³/mol. The molecular weight excluding hydrogens is 446 g/mol. The van der Waals surface area contributed by atoms with Crippen LogP contribution in [0.1, 0.15) is 26.3 Å². The molecule has 30 heavy (non-hydrogen) atoms. The number of carbonyl (C=O) groups is 3. The van der Waals surface area contributed by atoms with Gasteiger partial charge in [-0.2, -0.15) is 0 Å². The van der Waals surface area contributed by atoms with Gasteiger partial charge < -0.3 is 16.0 Å². The van der Waals surface area contributed by atoms with E-state index in [9.17, 15) is 14.4 Å². The van der Waals surface area contributed by atoms with E-state index in [4.69, 9.17) is 0 Å². The second-order valence-corrected chi connectivity index (χ2v) is 7.46. The van der Waals surface area contributed by atoms with Crippen LogP contribution in [0.25, 0.3) is 0 Å². The number of carbonyl (C=O) groups excluding carboxylic acids is 3. The zero-order valence-electron chi connectivity index (χ0n) is 16.2. The molecule has 3 aromatic rings. The zero-order chi connectivity index (χ0) is 21.5. The number of amides is 3. The molecule has 3 rings (SSSR count). The number of benzene rings is 3. The SMILES string of the molecule is Cc1c(NC(=O)CNC(=O)c2cccc(Br)c2)cccc1C(=O)Nc1ccccc1. The first kappa shape index (κ1) is 21.3. The van der Waals surface area contributed by atoms with Gasteiger partial charge in [-0.3, -0.25) is 14.4 Å². The molecule has 0 saturated carbocycles. The lowest BCUT2D eigenvalue weighted by Gasteiger charge is -2.13. The van der Waals surface area contributed by atoms with Gasteiger partial charge in [0.1, 0.15) is 0 Å². The van der Waals surface area contributed by atoms with Crippen molar-refractivity contribution < 1.29 is 14.4 Å². The summed E-state index contributed by atoms with van der Waals surface area (Å²) in [7, 11) is 0. The number of para-hydroxylation sites is 1. The summed E-state index contributed by atoms with van der Waals surface area (Å²) >= 11 is 3.31. The summed E-state index contributed by atoms with van der Waals surface area (Å²) in [5.74, 6) is -1.00. The number of rotatable bonds is 6. The molecule has 7 heteroatoms. The Labute approximate surface area is 182 Å². The minimum Gasteiger partial charge on any atom is -0.343 e. The van der Waals surface area contributed by atoms with E-state index in [1.54, 1.807) is 55.5 Å². The Balaban J connectivity index is 1.62. The van der Waals surface area contributed by atoms with E-state index in [0.29, 0.717) is 28.1 Å². The van der Waals surface area contributed by atoms with E-state index in [-0.39, 0.29) is 24.3 Å². The highest BCUT2D eigenvalue weighted by molar-refractivity contribution is 9.10. The van der Waals surface area contributed by atoms with Gasteiger partial charge in [-0.05, 0) is 55.0 Å². The summed E-state index contributed by atoms with van der Waals surface area (Å²) < 4.78 is 0.779. The predicted octanol–water partition coefficient (Wildman–Crippen LogP) is 4.38. The maximum atomic E-state index is 12.6. The third-order valence-electron chi connectivity index (χ3n) is 4.38. The van der Waals surface area contributed by atoms with Crippen LogP contribution in [0.2, 0.25) is 0 Å². The molecule has 3 amide bonds. The van der Waals surface area contributed by atoms with Crippen molar-refractivity contribution in [2.75, 3.05) is 17.2 Å². The Morgan fingerprint density at radius 2 is 1.57 bits per heavy atom. The van der Waals surface area contributed by atoms with Crippen molar-refractivity contribution in [3.63, 3.8) is 0 Å². The monoisotopic (exact) mass is 465 g/mol. The number of hydrogen-bond donors (Lipinski definition) is 3. The van der Waals surface area contributed by atoms with Crippen LogP contribution < -0.4 is 16.0 Å². The molecule has 3 N–H and O–H groups in total. The van der Waals surface area contributed by atoms with Crippen molar-refractivity contribution in [3.8, 4) is 0 Å². The standard InChI is InChI=1S/C23H20BrN3O3/c1-15-19(23(30)26-18-9-3-2-4-10-18)11-6-12-20(15)27-21(28)14-25-22(29)16-7-5-8-17(24)13-16/h2-13H,14H2,1H3,(H,25,29)(H,26,30)(H,27,28). The van der Waals surface area contributed by atoms with Crippen LogP contribution in [-0.2, 0) is 4.79 Å². The topological polar surface area (TPSA) is 87.3 Å². The average molecular weight is 466 g/mol. The fourth-order valence-electron chi connectivity index (χ4n) is 2.82. The Morgan fingerprint density at radius 1 is 0.833 bits per heavy atom. The van der Waals surface area contributed by atoms with E-state index in [1.165, 1.54) is 0 Å². The smallest absolute Gasteiger partial charge is 0.256 e. The zero-order valence-corrected chi connectivity index (χ0v) is 17.8. The lowest BCUT2D eigenvalue weighted by atomic mass is 10.1. The third-order valence-corrected chi connectivity index (χ3v) is 4.87. The average Bonchev–Trinajstić information content (AvgIpc) is 2.74. The molecule has 0 fully saturated rings. The molecule has 0 radical (unpaired) electrons. The van der Waals surface area contributed by atoms with Gasteiger partial charge >= 0.3 is 0 Å². The van der Waals surface area contributed by atoms with Crippen molar-refractivity contribution in [1.29, 1.82) is 0 Å². The van der Waals surface area contributed by atoms with Crippen molar-refractivity contribution in [1.82, 2.24) is 5.32 Å². The van der Waals surface area contributed by atoms with Crippen LogP contribution in [0.4, 0.5) is 11.4 Å². The first-order chi connectivity index (χ1) is 14.4. The number of halogens is 1. The lowest BCUT2D eigenvalue weighted by molar-refractivity contribution is -0.115. The van der Waals surface area contributed by atoms with Crippen molar-refractivity contribution >= 4 is 45.0 Å². The summed E-state index contributed by atoms with van der Waals surface area (Å²) in [4.78, 5) is 37.1. The van der Waals surface area contributed by atoms with Gasteiger partial charge in [0.05, 0.1) is 6.54 Å². The molecule has 0 aliphatic heterocycles. The van der Waals surface area contributed by atoms with Crippen LogP contribution in [0.5, 0.6) is 0 Å². The van der Waals surface area contributed by atoms with Crippen LogP contribution >= 0.6 is 15.9 Å². The summed E-state index contributed by atoms with van der Waals surface area (Å²) in [6.45, 7) is 1.57. The largest absolute Gasteiger partial charge is 0.343 e. The molecule has 0 aromatic heterocycles. The maximum Gasteiger partial charge on any atom is 0.256 e. The van der Waals surface area contributed by atoms with E-state index < -0.39 is 0 Å². The van der Waals surface area contributed by atoms with E-state index in [2.05, 4.69) is 31.9 Å². The molecule has 0 atom stereocenters. The summed E-state index contributed by atoms with van der Waals surface area (Å²) in [5, 5.41) is 8.16. The summed E-state index contributed by atoms with van der Waals surface area (Å²) in [6, 6.07) is 21.1. The van der Waals surface area contributed by atoms with Crippen LogP contribution in [-0.4, -0.2) is 24.3 Å². The summed E-state index contributed by atoms with van der Waals surface area (Å²) in [5.41, 5.74) is 2.74. The molecule has 0 saturated heterocycles. The van der Waals surface area contributed by atoms with Gasteiger partial charge in [0.25, 0.3) is 11.8 Å². The Kier molecular flexibility index (Phi) is 6.98. The molecule has 0 aliphatic rings. The van der Waals surface area contributed by atoms with Crippen molar-refractivity contribution in [2.45, 2.75) is 6.92 Å². The second-order valence-electron chi connectivity index (χ2n) is 6.54. The highest BCUT2D eigenvalue weighted by Crippen LogP contribution is 2.20. The molecule has 6 nitrogen and oxygen atoms in total. The van der Waals surface area contributed by atoms with Gasteiger partial charge in [-0.15, -0.1) is 0 Å². The molecule has 0 bridgehead atoms. The maximum absolute atomic E-state index is 12.6. The molecule has 152 valence electrons. The third kappa shape index (κ3) is 5.55. The van der Waals surface area contributed by atoms with Crippen LogP contribution in [0.3, 0.4) is 0 Å². The Morgan fingerprint density at radius 3 is 2.30 bits per heavy atom. The van der Waals surface area contributed by atoms with Gasteiger partial charge in [-0.25, -0.2) is 0 Å². The first-order valence-corrected chi connectivity index (χ1v) is 10.0. The van der Waals surface area contributed by atoms with Gasteiger partial charge in [0.15, 0.2) is 0 Å². The minimum absolute atomic E-state index is 0.189. The van der Waals surface area contributed by atoms with E-state index >= 15 is 0 Å². The quantitative estimate of drug-likeness (QED) is 0.504. The number of anilines is 2. The lowest BCUT2D eigenvalue weighted by Crippen LogP contribution is -2.33. The molecule has 0 aliphatic carbocycles. The van der Waals surface area contributed by atoms with Crippen LogP contribution in [0, 0.1) is 6.92 Å². The summed E-state index contributed by atoms with van der Waals surface area (Å²) in [6.07, 6.45) is 0. The fourth-order valence-corrected chi connectivity index (χ4v) is 3.22. The highest BCUT2D eigenvalue weighted by Gasteiger charge is 2.14. The molecule has 0 heterocycles. The molecule has 0 spiro atoms. The van der Waals surface area contributed by atoms with E-state index in [1.807, 2.05) is 24.3 Å². The molecular formula is C23H20BrN3O3. The van der Waals surface area contributed by atoms with Gasteiger partial charge in [-0.1, -0.05) is 46.3 Å². The van der Waals surface area contributed by atoms with E-state index in [0.717, 1.165) is 4.47 Å². The minimum atomic E-state index is -0.387. The second kappa shape index (κ2) is 9.84. The van der Waals surface area contributed by atoms with Crippen molar-refractivity contribution in [2.24, 2.45) is 0 Å². The fraction of sp³-hybridized carbons (Fsp3) is 0.0870. The van der Waals surface area contributed by atoms with Crippen molar-refractivity contribution in [3.05, 3.63) is 94.0 Å². The van der Waals surface area contributed by atoms with Gasteiger partial charge in [0, 0.05) is 27.0 Å². The van der Waals surface area contributed by atoms with Crippen LogP contribution in [0.15, 0.2) is 77.3 Å². The first-order valence-electron chi connectivity index (χ1n) is 9.23. The Bertz CT molecular complexity index is 1080. The number of nitrogens with one attached hydrogen (secondary N) is 3. The molecule has 0 unspecified atom stereocenters. The normalized spacial score (nSPS) is 10.2. The van der Waals surface area contributed by atoms with Gasteiger partial charge in [0.2, 0.25) is 5.91 Å². The molecule has 3 aromatic carbocycles. The number of hydrogen-bond acceptors (Lipinski definition) is 3. The highest BCUT2D eigenvalue weighted by atomic mass is 79.9.